The number of aryl methyl sites for hydroxylation is 1. The van der Waals surface area contributed by atoms with E-state index in [0.717, 1.165) is 5.56 Å². The molecule has 0 aromatic carbocycles. The van der Waals surface area contributed by atoms with Gasteiger partial charge in [0.1, 0.15) is 5.15 Å². The van der Waals surface area contributed by atoms with Crippen LogP contribution in [0.2, 0.25) is 5.15 Å². The maximum absolute atomic E-state index is 10.8. The van der Waals surface area contributed by atoms with Crippen molar-refractivity contribution in [1.29, 1.82) is 0 Å². The van der Waals surface area contributed by atoms with Crippen molar-refractivity contribution >= 4 is 23.1 Å². The highest BCUT2D eigenvalue weighted by Crippen LogP contribution is 2.18. The Hall–Kier alpha value is -1.35. The van der Waals surface area contributed by atoms with Crippen molar-refractivity contribution in [3.8, 4) is 0 Å². The van der Waals surface area contributed by atoms with Gasteiger partial charge in [0.05, 0.1) is 0 Å². The summed E-state index contributed by atoms with van der Waals surface area (Å²) in [5.41, 5.74) is 6.80. The van der Waals surface area contributed by atoms with Crippen molar-refractivity contribution in [2.24, 2.45) is 5.73 Å². The molecule has 3 nitrogen and oxygen atoms in total. The molecule has 4 heteroatoms. The van der Waals surface area contributed by atoms with Crippen LogP contribution < -0.4 is 5.73 Å². The largest absolute Gasteiger partial charge is 0.366 e. The number of aromatic nitrogens is 1. The fourth-order valence-corrected chi connectivity index (χ4v) is 1.18. The molecule has 1 aromatic rings. The quantitative estimate of drug-likeness (QED) is 0.576. The lowest BCUT2D eigenvalue weighted by Crippen LogP contribution is -2.12. The highest BCUT2D eigenvalue weighted by Gasteiger charge is 2.08. The zero-order valence-corrected chi connectivity index (χ0v) is 7.93. The van der Waals surface area contributed by atoms with E-state index in [9.17, 15) is 4.79 Å². The summed E-state index contributed by atoms with van der Waals surface area (Å²) in [5, 5.41) is 0.388. The van der Waals surface area contributed by atoms with Gasteiger partial charge in [0.15, 0.2) is 0 Å². The smallest absolute Gasteiger partial charge is 0.248 e. The molecule has 1 amide bonds. The maximum atomic E-state index is 10.8. The van der Waals surface area contributed by atoms with Crippen LogP contribution in [0.25, 0.3) is 5.57 Å². The molecule has 2 N–H and O–H groups in total. The van der Waals surface area contributed by atoms with Crippen LogP contribution in [0.4, 0.5) is 0 Å². The number of carbonyl (C=O) groups is 1. The van der Waals surface area contributed by atoms with Gasteiger partial charge in [-0.15, -0.1) is 0 Å². The summed E-state index contributed by atoms with van der Waals surface area (Å²) in [6.07, 6.45) is 1.49. The van der Waals surface area contributed by atoms with Crippen molar-refractivity contribution in [3.63, 3.8) is 0 Å². The highest BCUT2D eigenvalue weighted by molar-refractivity contribution is 6.29. The molecule has 0 aliphatic heterocycles. The van der Waals surface area contributed by atoms with E-state index >= 15 is 0 Å². The Morgan fingerprint density at radius 2 is 2.31 bits per heavy atom. The van der Waals surface area contributed by atoms with Gasteiger partial charge < -0.3 is 5.73 Å². The molecule has 0 aliphatic carbocycles. The minimum absolute atomic E-state index is 0.252. The highest BCUT2D eigenvalue weighted by atomic mass is 35.5. The minimum atomic E-state index is -0.549. The summed E-state index contributed by atoms with van der Waals surface area (Å²) < 4.78 is 0. The summed E-state index contributed by atoms with van der Waals surface area (Å²) in [6.45, 7) is 5.37. The molecule has 0 saturated carbocycles. The summed E-state index contributed by atoms with van der Waals surface area (Å²) in [7, 11) is 0. The summed E-state index contributed by atoms with van der Waals surface area (Å²) >= 11 is 5.64. The Bertz CT molecular complexity index is 374. The Morgan fingerprint density at radius 1 is 1.69 bits per heavy atom. The third-order valence-corrected chi connectivity index (χ3v) is 1.91. The third kappa shape index (κ3) is 2.06. The zero-order chi connectivity index (χ0) is 10.0. The van der Waals surface area contributed by atoms with E-state index in [-0.39, 0.29) is 5.57 Å². The first-order chi connectivity index (χ1) is 6.02. The summed E-state index contributed by atoms with van der Waals surface area (Å²) in [6, 6.07) is 1.66. The van der Waals surface area contributed by atoms with Gasteiger partial charge in [-0.3, -0.25) is 4.79 Å². The maximum Gasteiger partial charge on any atom is 0.248 e. The number of nitrogens with zero attached hydrogens (tertiary/aromatic N) is 1. The molecule has 0 spiro atoms. The van der Waals surface area contributed by atoms with Crippen molar-refractivity contribution in [1.82, 2.24) is 4.98 Å². The number of primary amides is 1. The Morgan fingerprint density at radius 3 is 2.77 bits per heavy atom. The number of carbonyl (C=O) groups excluding carboxylic acids is 1. The second-order valence-electron chi connectivity index (χ2n) is 2.66. The second-order valence-corrected chi connectivity index (χ2v) is 3.05. The lowest BCUT2D eigenvalue weighted by molar-refractivity contribution is -0.112. The molecule has 1 rings (SSSR count). The lowest BCUT2D eigenvalue weighted by Gasteiger charge is -2.04. The SMILES string of the molecule is C=C(C(N)=O)c1cnc(Cl)cc1C. The lowest BCUT2D eigenvalue weighted by atomic mass is 10.0. The van der Waals surface area contributed by atoms with Gasteiger partial charge in [-0.05, 0) is 18.6 Å². The molecular formula is C9H9ClN2O. The first-order valence-electron chi connectivity index (χ1n) is 3.63. The van der Waals surface area contributed by atoms with Crippen LogP contribution in [0.1, 0.15) is 11.1 Å². The number of rotatable bonds is 2. The molecule has 0 radical (unpaired) electrons. The molecule has 0 saturated heterocycles. The standard InChI is InChI=1S/C9H9ClN2O/c1-5-3-8(10)12-4-7(5)6(2)9(11)13/h3-4H,2H2,1H3,(H2,11,13). The van der Waals surface area contributed by atoms with Crippen LogP contribution in [0.3, 0.4) is 0 Å². The number of amides is 1. The van der Waals surface area contributed by atoms with E-state index in [0.29, 0.717) is 10.7 Å². The van der Waals surface area contributed by atoms with Gasteiger partial charge in [0, 0.05) is 17.3 Å². The normalized spacial score (nSPS) is 9.69. The van der Waals surface area contributed by atoms with Gasteiger partial charge in [0.2, 0.25) is 5.91 Å². The molecule has 13 heavy (non-hydrogen) atoms. The van der Waals surface area contributed by atoms with E-state index in [1.807, 2.05) is 6.92 Å². The summed E-state index contributed by atoms with van der Waals surface area (Å²) in [4.78, 5) is 14.6. The average Bonchev–Trinajstić information content (AvgIpc) is 2.03. The van der Waals surface area contributed by atoms with Crippen molar-refractivity contribution in [3.05, 3.63) is 35.1 Å². The number of hydrogen-bond acceptors (Lipinski definition) is 2. The van der Waals surface area contributed by atoms with Crippen LogP contribution in [0.5, 0.6) is 0 Å². The van der Waals surface area contributed by atoms with Gasteiger partial charge in [-0.2, -0.15) is 0 Å². The van der Waals surface area contributed by atoms with Crippen molar-refractivity contribution < 1.29 is 4.79 Å². The van der Waals surface area contributed by atoms with Crippen LogP contribution in [-0.4, -0.2) is 10.9 Å². The first-order valence-corrected chi connectivity index (χ1v) is 4.01. The molecule has 1 aromatic heterocycles. The number of pyridine rings is 1. The molecule has 68 valence electrons. The van der Waals surface area contributed by atoms with Crippen molar-refractivity contribution in [2.75, 3.05) is 0 Å². The van der Waals surface area contributed by atoms with E-state index in [4.69, 9.17) is 17.3 Å². The molecule has 1 heterocycles. The second kappa shape index (κ2) is 3.58. The van der Waals surface area contributed by atoms with Crippen molar-refractivity contribution in [2.45, 2.75) is 6.92 Å². The molecular weight excluding hydrogens is 188 g/mol. The molecule has 0 unspecified atom stereocenters. The minimum Gasteiger partial charge on any atom is -0.366 e. The van der Waals surface area contributed by atoms with Crippen LogP contribution in [-0.2, 0) is 4.79 Å². The average molecular weight is 197 g/mol. The number of nitrogens with two attached hydrogens (primary N) is 1. The molecule has 0 atom stereocenters. The van der Waals surface area contributed by atoms with Gasteiger partial charge in [0.25, 0.3) is 0 Å². The topological polar surface area (TPSA) is 56.0 Å². The Balaban J connectivity index is 3.16. The molecule has 0 bridgehead atoms. The number of halogens is 1. The monoisotopic (exact) mass is 196 g/mol. The molecule has 0 fully saturated rings. The van der Waals surface area contributed by atoms with E-state index in [2.05, 4.69) is 11.6 Å². The predicted molar refractivity (Wildman–Crippen MR) is 52.2 cm³/mol. The van der Waals surface area contributed by atoms with E-state index < -0.39 is 5.91 Å². The van der Waals surface area contributed by atoms with Crippen LogP contribution >= 0.6 is 11.6 Å². The molecule has 0 aliphatic rings. The Labute approximate surface area is 81.2 Å². The van der Waals surface area contributed by atoms with Crippen LogP contribution in [0.15, 0.2) is 18.8 Å². The fourth-order valence-electron chi connectivity index (χ4n) is 0.970. The summed E-state index contributed by atoms with van der Waals surface area (Å²) in [5.74, 6) is -0.549. The third-order valence-electron chi connectivity index (χ3n) is 1.70. The number of hydrogen-bond donors (Lipinski definition) is 1. The van der Waals surface area contributed by atoms with Gasteiger partial charge in [-0.25, -0.2) is 4.98 Å². The zero-order valence-electron chi connectivity index (χ0n) is 7.17. The van der Waals surface area contributed by atoms with Gasteiger partial charge in [-0.1, -0.05) is 18.2 Å². The predicted octanol–water partition coefficient (Wildman–Crippen LogP) is 1.54. The van der Waals surface area contributed by atoms with Crippen LogP contribution in [0, 0.1) is 6.92 Å². The van der Waals surface area contributed by atoms with Gasteiger partial charge >= 0.3 is 0 Å². The van der Waals surface area contributed by atoms with E-state index in [1.165, 1.54) is 6.20 Å². The first kappa shape index (κ1) is 9.74. The fraction of sp³-hybridized carbons (Fsp3) is 0.111. The van der Waals surface area contributed by atoms with E-state index in [1.54, 1.807) is 6.07 Å². The Kier molecular flexibility index (Phi) is 2.68.